The topological polar surface area (TPSA) is 102 Å². The Labute approximate surface area is 168 Å². The SMILES string of the molecule is CS(=O)(=O)c1ccc(C(CC2CCOCC2)C(=O)Nc2ncc(C=O)s2)cc1. The molecule has 1 aromatic carbocycles. The van der Waals surface area contributed by atoms with Crippen molar-refractivity contribution in [1.82, 2.24) is 4.98 Å². The lowest BCUT2D eigenvalue weighted by atomic mass is 9.84. The molecule has 1 amide bonds. The van der Waals surface area contributed by atoms with E-state index < -0.39 is 15.8 Å². The lowest BCUT2D eigenvalue weighted by molar-refractivity contribution is -0.118. The molecule has 1 atom stereocenters. The first-order valence-corrected chi connectivity index (χ1v) is 11.7. The third kappa shape index (κ3) is 5.24. The molecule has 0 radical (unpaired) electrons. The number of thiazole rings is 1. The highest BCUT2D eigenvalue weighted by molar-refractivity contribution is 7.90. The van der Waals surface area contributed by atoms with Gasteiger partial charge in [0.15, 0.2) is 21.3 Å². The molecular weight excluding hydrogens is 400 g/mol. The molecule has 9 heteroatoms. The van der Waals surface area contributed by atoms with Crippen LogP contribution in [-0.2, 0) is 19.4 Å². The summed E-state index contributed by atoms with van der Waals surface area (Å²) in [7, 11) is -3.30. The van der Waals surface area contributed by atoms with Gasteiger partial charge in [0.2, 0.25) is 5.91 Å². The van der Waals surface area contributed by atoms with Gasteiger partial charge in [0.05, 0.1) is 21.9 Å². The van der Waals surface area contributed by atoms with Gasteiger partial charge in [0, 0.05) is 19.5 Å². The second-order valence-corrected chi connectivity index (χ2v) is 9.94. The summed E-state index contributed by atoms with van der Waals surface area (Å²) < 4.78 is 28.8. The second-order valence-electron chi connectivity index (χ2n) is 6.86. The van der Waals surface area contributed by atoms with Crippen molar-refractivity contribution in [3.05, 3.63) is 40.9 Å². The molecule has 1 aliphatic rings. The van der Waals surface area contributed by atoms with Gasteiger partial charge in [-0.1, -0.05) is 23.5 Å². The van der Waals surface area contributed by atoms with E-state index in [1.165, 1.54) is 18.3 Å². The first-order valence-electron chi connectivity index (χ1n) is 8.96. The van der Waals surface area contributed by atoms with Crippen molar-refractivity contribution in [1.29, 1.82) is 0 Å². The zero-order valence-electron chi connectivity index (χ0n) is 15.5. The van der Waals surface area contributed by atoms with E-state index in [4.69, 9.17) is 4.74 Å². The van der Waals surface area contributed by atoms with Gasteiger partial charge in [-0.05, 0) is 42.9 Å². The predicted octanol–water partition coefficient (Wildman–Crippen LogP) is 2.90. The van der Waals surface area contributed by atoms with Crippen molar-refractivity contribution in [2.75, 3.05) is 24.8 Å². The number of carbonyl (C=O) groups excluding carboxylic acids is 2. The van der Waals surface area contributed by atoms with E-state index in [2.05, 4.69) is 10.3 Å². The molecule has 1 N–H and O–H groups in total. The maximum Gasteiger partial charge on any atom is 0.233 e. The zero-order chi connectivity index (χ0) is 20.1. The van der Waals surface area contributed by atoms with E-state index in [1.807, 2.05) is 0 Å². The number of hydrogen-bond acceptors (Lipinski definition) is 7. The summed E-state index contributed by atoms with van der Waals surface area (Å²) in [4.78, 5) is 28.5. The van der Waals surface area contributed by atoms with Crippen LogP contribution < -0.4 is 5.32 Å². The summed E-state index contributed by atoms with van der Waals surface area (Å²) >= 11 is 1.12. The van der Waals surface area contributed by atoms with Gasteiger partial charge in [-0.15, -0.1) is 0 Å². The maximum absolute atomic E-state index is 13.0. The van der Waals surface area contributed by atoms with Crippen molar-refractivity contribution in [3.8, 4) is 0 Å². The number of carbonyl (C=O) groups is 2. The number of benzene rings is 1. The molecule has 0 aliphatic carbocycles. The molecule has 2 heterocycles. The summed E-state index contributed by atoms with van der Waals surface area (Å²) in [6.07, 6.45) is 5.68. The molecule has 1 saturated heterocycles. The molecule has 1 fully saturated rings. The van der Waals surface area contributed by atoms with Gasteiger partial charge < -0.3 is 10.1 Å². The van der Waals surface area contributed by atoms with Gasteiger partial charge in [0.1, 0.15) is 0 Å². The van der Waals surface area contributed by atoms with E-state index in [-0.39, 0.29) is 10.8 Å². The largest absolute Gasteiger partial charge is 0.381 e. The Morgan fingerprint density at radius 3 is 2.57 bits per heavy atom. The number of aldehydes is 1. The third-order valence-corrected chi connectivity index (χ3v) is 6.77. The van der Waals surface area contributed by atoms with Crippen molar-refractivity contribution in [2.24, 2.45) is 5.92 Å². The van der Waals surface area contributed by atoms with Crippen LogP contribution in [0, 0.1) is 5.92 Å². The number of ether oxygens (including phenoxy) is 1. The molecule has 150 valence electrons. The average Bonchev–Trinajstić information content (AvgIpc) is 3.14. The van der Waals surface area contributed by atoms with E-state index >= 15 is 0 Å². The highest BCUT2D eigenvalue weighted by Gasteiger charge is 2.27. The molecule has 1 aliphatic heterocycles. The monoisotopic (exact) mass is 422 g/mol. The van der Waals surface area contributed by atoms with E-state index in [9.17, 15) is 18.0 Å². The lowest BCUT2D eigenvalue weighted by Gasteiger charge is -2.26. The number of sulfone groups is 1. The van der Waals surface area contributed by atoms with Crippen LogP contribution in [0.4, 0.5) is 5.13 Å². The third-order valence-electron chi connectivity index (χ3n) is 4.81. The van der Waals surface area contributed by atoms with Crippen LogP contribution in [0.2, 0.25) is 0 Å². The van der Waals surface area contributed by atoms with Gasteiger partial charge in [0.25, 0.3) is 0 Å². The van der Waals surface area contributed by atoms with E-state index in [1.54, 1.807) is 12.1 Å². The van der Waals surface area contributed by atoms with Crippen LogP contribution in [0.1, 0.15) is 40.4 Å². The standard InChI is InChI=1S/C19H22N2O5S2/c1-28(24,25)16-4-2-14(3-5-16)17(10-13-6-8-26-9-7-13)18(23)21-19-20-11-15(12-22)27-19/h2-5,11-13,17H,6-10H2,1H3,(H,20,21,23). The summed E-state index contributed by atoms with van der Waals surface area (Å²) in [5.74, 6) is -0.313. The molecule has 0 spiro atoms. The highest BCUT2D eigenvalue weighted by Crippen LogP contribution is 2.31. The Morgan fingerprint density at radius 2 is 2.00 bits per heavy atom. The van der Waals surface area contributed by atoms with Crippen LogP contribution in [0.3, 0.4) is 0 Å². The molecular formula is C19H22N2O5S2. The van der Waals surface area contributed by atoms with Crippen molar-refractivity contribution < 1.29 is 22.7 Å². The number of aromatic nitrogens is 1. The van der Waals surface area contributed by atoms with Crippen LogP contribution in [0.5, 0.6) is 0 Å². The fourth-order valence-electron chi connectivity index (χ4n) is 3.25. The molecule has 1 aromatic heterocycles. The number of nitrogens with zero attached hydrogens (tertiary/aromatic N) is 1. The molecule has 3 rings (SSSR count). The summed E-state index contributed by atoms with van der Waals surface area (Å²) in [5.41, 5.74) is 0.753. The van der Waals surface area contributed by atoms with Gasteiger partial charge >= 0.3 is 0 Å². The number of nitrogens with one attached hydrogen (secondary N) is 1. The van der Waals surface area contributed by atoms with Crippen LogP contribution in [0.15, 0.2) is 35.4 Å². The van der Waals surface area contributed by atoms with Crippen molar-refractivity contribution in [3.63, 3.8) is 0 Å². The van der Waals surface area contributed by atoms with E-state index in [0.29, 0.717) is 41.8 Å². The Hall–Kier alpha value is -2.10. The number of rotatable bonds is 7. The first-order chi connectivity index (χ1) is 13.4. The second kappa shape index (κ2) is 8.93. The fraction of sp³-hybridized carbons (Fsp3) is 0.421. The highest BCUT2D eigenvalue weighted by atomic mass is 32.2. The van der Waals surface area contributed by atoms with Gasteiger partial charge in [-0.2, -0.15) is 0 Å². The molecule has 2 aromatic rings. The smallest absolute Gasteiger partial charge is 0.233 e. The Morgan fingerprint density at radius 1 is 1.32 bits per heavy atom. The summed E-state index contributed by atoms with van der Waals surface area (Å²) in [5, 5.41) is 3.16. The molecule has 0 bridgehead atoms. The molecule has 28 heavy (non-hydrogen) atoms. The minimum absolute atomic E-state index is 0.217. The number of hydrogen-bond donors (Lipinski definition) is 1. The van der Waals surface area contributed by atoms with Gasteiger partial charge in [-0.25, -0.2) is 13.4 Å². The van der Waals surface area contributed by atoms with Crippen molar-refractivity contribution >= 4 is 38.5 Å². The molecule has 1 unspecified atom stereocenters. The van der Waals surface area contributed by atoms with Crippen LogP contribution in [0.25, 0.3) is 0 Å². The average molecular weight is 423 g/mol. The Bertz CT molecular complexity index is 931. The lowest BCUT2D eigenvalue weighted by Crippen LogP contribution is -2.26. The first kappa shape index (κ1) is 20.6. The molecule has 7 nitrogen and oxygen atoms in total. The van der Waals surface area contributed by atoms with Crippen LogP contribution >= 0.6 is 11.3 Å². The quantitative estimate of drug-likeness (QED) is 0.688. The minimum Gasteiger partial charge on any atom is -0.381 e. The van der Waals surface area contributed by atoms with E-state index in [0.717, 1.165) is 36.0 Å². The number of amides is 1. The maximum atomic E-state index is 13.0. The van der Waals surface area contributed by atoms with Crippen LogP contribution in [-0.4, -0.2) is 45.1 Å². The Kier molecular flexibility index (Phi) is 6.58. The van der Waals surface area contributed by atoms with Gasteiger partial charge in [-0.3, -0.25) is 9.59 Å². The molecule has 0 saturated carbocycles. The normalized spacial score (nSPS) is 16.5. The zero-order valence-corrected chi connectivity index (χ0v) is 17.1. The summed E-state index contributed by atoms with van der Waals surface area (Å²) in [6, 6.07) is 6.45. The minimum atomic E-state index is -3.30. The van der Waals surface area contributed by atoms with Crippen molar-refractivity contribution in [2.45, 2.75) is 30.1 Å². The Balaban J connectivity index is 1.82. The number of anilines is 1. The summed E-state index contributed by atoms with van der Waals surface area (Å²) in [6.45, 7) is 1.36. The predicted molar refractivity (Wildman–Crippen MR) is 107 cm³/mol. The fourth-order valence-corrected chi connectivity index (χ4v) is 4.51.